The van der Waals surface area contributed by atoms with Crippen molar-refractivity contribution in [2.45, 2.75) is 26.9 Å². The molecule has 0 aliphatic heterocycles. The summed E-state index contributed by atoms with van der Waals surface area (Å²) in [5.74, 6) is 6.18. The number of nitrogens with two attached hydrogens (primary N) is 1. The minimum absolute atomic E-state index is 0.188. The van der Waals surface area contributed by atoms with Gasteiger partial charge in [-0.2, -0.15) is 10.1 Å². The maximum Gasteiger partial charge on any atom is 0.349 e. The van der Waals surface area contributed by atoms with E-state index in [9.17, 15) is 4.79 Å². The van der Waals surface area contributed by atoms with Crippen LogP contribution in [0.25, 0.3) is 0 Å². The third kappa shape index (κ3) is 4.81. The minimum Gasteiger partial charge on any atom is -0.323 e. The molecule has 2 aromatic rings. The third-order valence-electron chi connectivity index (χ3n) is 3.95. The van der Waals surface area contributed by atoms with E-state index in [4.69, 9.17) is 5.84 Å². The molecule has 128 valence electrons. The lowest BCUT2D eigenvalue weighted by Gasteiger charge is -2.34. The molecule has 0 saturated heterocycles. The average molecular weight is 326 g/mol. The smallest absolute Gasteiger partial charge is 0.323 e. The molecule has 0 aliphatic rings. The van der Waals surface area contributed by atoms with Gasteiger partial charge in [-0.15, -0.1) is 0 Å². The van der Waals surface area contributed by atoms with Crippen molar-refractivity contribution in [2.75, 3.05) is 13.1 Å². The van der Waals surface area contributed by atoms with E-state index in [1.165, 1.54) is 5.12 Å². The summed E-state index contributed by atoms with van der Waals surface area (Å²) in [6.45, 7) is 6.31. The van der Waals surface area contributed by atoms with Crippen molar-refractivity contribution in [1.82, 2.24) is 15.0 Å². The summed E-state index contributed by atoms with van der Waals surface area (Å²) in [4.78, 5) is 14.3. The number of urea groups is 1. The van der Waals surface area contributed by atoms with E-state index in [1.54, 1.807) is 4.90 Å². The van der Waals surface area contributed by atoms with Crippen molar-refractivity contribution in [3.8, 4) is 0 Å². The molecule has 2 N–H and O–H groups in total. The van der Waals surface area contributed by atoms with Crippen LogP contribution in [0.2, 0.25) is 0 Å². The number of hydrogen-bond donors (Lipinski definition) is 1. The highest BCUT2D eigenvalue weighted by molar-refractivity contribution is 5.73. The zero-order valence-electron chi connectivity index (χ0n) is 14.4. The maximum atomic E-state index is 12.6. The zero-order chi connectivity index (χ0) is 17.4. The molecule has 0 atom stereocenters. The van der Waals surface area contributed by atoms with Crippen LogP contribution in [0.5, 0.6) is 0 Å². The summed E-state index contributed by atoms with van der Waals surface area (Å²) in [5, 5.41) is 3.11. The van der Waals surface area contributed by atoms with E-state index in [0.717, 1.165) is 11.1 Å². The Morgan fingerprint density at radius 2 is 1.25 bits per heavy atom. The number of amides is 2. The summed E-state index contributed by atoms with van der Waals surface area (Å²) >= 11 is 0. The van der Waals surface area contributed by atoms with E-state index < -0.39 is 0 Å². The van der Waals surface area contributed by atoms with Crippen LogP contribution in [0.4, 0.5) is 4.79 Å². The fourth-order valence-corrected chi connectivity index (χ4v) is 2.56. The van der Waals surface area contributed by atoms with Gasteiger partial charge >= 0.3 is 6.03 Å². The molecule has 0 saturated carbocycles. The van der Waals surface area contributed by atoms with Crippen LogP contribution in [0.1, 0.15) is 25.0 Å². The van der Waals surface area contributed by atoms with E-state index in [1.807, 2.05) is 79.5 Å². The van der Waals surface area contributed by atoms with Gasteiger partial charge in [-0.05, 0) is 25.0 Å². The summed E-state index contributed by atoms with van der Waals surface area (Å²) < 4.78 is 0. The van der Waals surface area contributed by atoms with Gasteiger partial charge < -0.3 is 4.90 Å². The van der Waals surface area contributed by atoms with Crippen LogP contribution >= 0.6 is 0 Å². The van der Waals surface area contributed by atoms with Gasteiger partial charge in [0.15, 0.2) is 0 Å². The summed E-state index contributed by atoms with van der Waals surface area (Å²) in [6.07, 6.45) is 0. The number of hydrazine groups is 2. The molecule has 0 spiro atoms. The van der Waals surface area contributed by atoms with Gasteiger partial charge in [0.25, 0.3) is 0 Å². The highest BCUT2D eigenvalue weighted by Gasteiger charge is 2.22. The lowest BCUT2D eigenvalue weighted by molar-refractivity contribution is -0.0168. The van der Waals surface area contributed by atoms with E-state index >= 15 is 0 Å². The summed E-state index contributed by atoms with van der Waals surface area (Å²) in [5.41, 5.74) is 2.22. The second kappa shape index (κ2) is 9.05. The molecule has 2 amide bonds. The van der Waals surface area contributed by atoms with Crippen molar-refractivity contribution >= 4 is 6.03 Å². The van der Waals surface area contributed by atoms with Crippen molar-refractivity contribution in [2.24, 2.45) is 5.84 Å². The van der Waals surface area contributed by atoms with Crippen molar-refractivity contribution in [3.05, 3.63) is 71.8 Å². The molecule has 2 aromatic carbocycles. The van der Waals surface area contributed by atoms with Crippen LogP contribution in [0.3, 0.4) is 0 Å². The standard InChI is InChI=1S/C19H26N4O/c1-3-21(4-2)19(24)23(20)22(15-17-11-7-5-8-12-17)16-18-13-9-6-10-14-18/h5-14H,3-4,15-16,20H2,1-2H3. The van der Waals surface area contributed by atoms with E-state index in [-0.39, 0.29) is 6.03 Å². The normalized spacial score (nSPS) is 10.7. The summed E-state index contributed by atoms with van der Waals surface area (Å²) in [6, 6.07) is 19.9. The fraction of sp³-hybridized carbons (Fsp3) is 0.316. The van der Waals surface area contributed by atoms with Gasteiger partial charge in [0.1, 0.15) is 0 Å². The molecule has 5 heteroatoms. The van der Waals surface area contributed by atoms with Crippen LogP contribution < -0.4 is 5.84 Å². The second-order valence-corrected chi connectivity index (χ2v) is 5.59. The molecule has 0 aliphatic carbocycles. The highest BCUT2D eigenvalue weighted by atomic mass is 16.2. The second-order valence-electron chi connectivity index (χ2n) is 5.59. The van der Waals surface area contributed by atoms with Crippen molar-refractivity contribution < 1.29 is 4.79 Å². The van der Waals surface area contributed by atoms with Gasteiger partial charge in [-0.25, -0.2) is 10.6 Å². The minimum atomic E-state index is -0.188. The van der Waals surface area contributed by atoms with Gasteiger partial charge in [-0.1, -0.05) is 60.7 Å². The number of hydrogen-bond acceptors (Lipinski definition) is 3. The molecule has 2 rings (SSSR count). The first-order chi connectivity index (χ1) is 11.7. The Labute approximate surface area is 144 Å². The molecular weight excluding hydrogens is 300 g/mol. The number of rotatable bonds is 7. The maximum absolute atomic E-state index is 12.6. The molecule has 0 unspecified atom stereocenters. The third-order valence-corrected chi connectivity index (χ3v) is 3.95. The topological polar surface area (TPSA) is 52.8 Å². The highest BCUT2D eigenvalue weighted by Crippen LogP contribution is 2.12. The molecule has 0 fully saturated rings. The molecule has 0 aromatic heterocycles. The van der Waals surface area contributed by atoms with Crippen molar-refractivity contribution in [3.63, 3.8) is 0 Å². The molecular formula is C19H26N4O. The predicted molar refractivity (Wildman–Crippen MR) is 96.5 cm³/mol. The lowest BCUT2D eigenvalue weighted by Crippen LogP contribution is -2.55. The largest absolute Gasteiger partial charge is 0.349 e. The van der Waals surface area contributed by atoms with E-state index in [2.05, 4.69) is 0 Å². The Hall–Kier alpha value is -2.37. The Bertz CT molecular complexity index is 572. The number of nitrogens with zero attached hydrogens (tertiary/aromatic N) is 3. The number of carbonyl (C=O) groups excluding carboxylic acids is 1. The monoisotopic (exact) mass is 326 g/mol. The van der Waals surface area contributed by atoms with Gasteiger partial charge in [0, 0.05) is 26.2 Å². The van der Waals surface area contributed by atoms with Gasteiger partial charge in [-0.3, -0.25) is 0 Å². The number of benzene rings is 2. The Kier molecular flexibility index (Phi) is 6.78. The first kappa shape index (κ1) is 18.0. The molecule has 0 radical (unpaired) electrons. The Morgan fingerprint density at radius 1 is 0.833 bits per heavy atom. The van der Waals surface area contributed by atoms with Crippen molar-refractivity contribution in [1.29, 1.82) is 0 Å². The van der Waals surface area contributed by atoms with Crippen LogP contribution in [-0.2, 0) is 13.1 Å². The molecule has 24 heavy (non-hydrogen) atoms. The van der Waals surface area contributed by atoms with E-state index in [0.29, 0.717) is 26.2 Å². The SMILES string of the molecule is CCN(CC)C(=O)N(N)N(Cc1ccccc1)Cc1ccccc1. The first-order valence-corrected chi connectivity index (χ1v) is 8.32. The Morgan fingerprint density at radius 3 is 1.62 bits per heavy atom. The van der Waals surface area contributed by atoms with Crippen LogP contribution in [-0.4, -0.2) is 34.1 Å². The predicted octanol–water partition coefficient (Wildman–Crippen LogP) is 3.24. The average Bonchev–Trinajstić information content (AvgIpc) is 2.63. The van der Waals surface area contributed by atoms with Crippen LogP contribution in [0, 0.1) is 0 Å². The lowest BCUT2D eigenvalue weighted by atomic mass is 10.2. The van der Waals surface area contributed by atoms with Gasteiger partial charge in [0.05, 0.1) is 0 Å². The zero-order valence-corrected chi connectivity index (χ0v) is 14.4. The molecule has 5 nitrogen and oxygen atoms in total. The summed E-state index contributed by atoms with van der Waals surface area (Å²) in [7, 11) is 0. The van der Waals surface area contributed by atoms with Gasteiger partial charge in [0.2, 0.25) is 0 Å². The Balaban J connectivity index is 2.19. The fourth-order valence-electron chi connectivity index (χ4n) is 2.56. The molecule has 0 heterocycles. The quantitative estimate of drug-likeness (QED) is 0.483. The first-order valence-electron chi connectivity index (χ1n) is 8.32. The molecule has 0 bridgehead atoms. The number of carbonyl (C=O) groups is 1. The van der Waals surface area contributed by atoms with Crippen LogP contribution in [0.15, 0.2) is 60.7 Å².